The van der Waals surface area contributed by atoms with Crippen molar-refractivity contribution in [1.29, 1.82) is 0 Å². The van der Waals surface area contributed by atoms with Crippen LogP contribution in [0.3, 0.4) is 0 Å². The predicted molar refractivity (Wildman–Crippen MR) is 114 cm³/mol. The highest BCUT2D eigenvalue weighted by atomic mass is 32.1. The zero-order chi connectivity index (χ0) is 20.6. The number of carbonyl (C=O) groups excluding carboxylic acids is 2. The maximum Gasteiger partial charge on any atom is 0.337 e. The van der Waals surface area contributed by atoms with Crippen molar-refractivity contribution in [2.45, 2.75) is 19.5 Å². The normalized spacial score (nSPS) is 11.7. The first-order chi connectivity index (χ1) is 14.1. The zero-order valence-electron chi connectivity index (χ0n) is 16.6. The van der Waals surface area contributed by atoms with E-state index in [2.05, 4.69) is 53.3 Å². The number of hydrogen-bond acceptors (Lipinski definition) is 4. The van der Waals surface area contributed by atoms with Crippen LogP contribution < -0.4 is 10.6 Å². The molecule has 29 heavy (non-hydrogen) atoms. The van der Waals surface area contributed by atoms with Crippen molar-refractivity contribution in [3.05, 3.63) is 93.2 Å². The van der Waals surface area contributed by atoms with Crippen LogP contribution in [0.2, 0.25) is 0 Å². The van der Waals surface area contributed by atoms with Crippen molar-refractivity contribution in [3.8, 4) is 0 Å². The number of thiophene rings is 1. The van der Waals surface area contributed by atoms with Gasteiger partial charge in [0.15, 0.2) is 6.54 Å². The molecule has 0 saturated carbocycles. The Kier molecular flexibility index (Phi) is 7.16. The lowest BCUT2D eigenvalue weighted by atomic mass is 10.0. The number of esters is 1. The lowest BCUT2D eigenvalue weighted by molar-refractivity contribution is -0.676. The monoisotopic (exact) mass is 409 g/mol. The van der Waals surface area contributed by atoms with Crippen LogP contribution in [0.15, 0.2) is 66.0 Å². The van der Waals surface area contributed by atoms with Crippen LogP contribution in [-0.2, 0) is 16.1 Å². The second-order valence-corrected chi connectivity index (χ2v) is 7.79. The Labute approximate surface area is 174 Å². The van der Waals surface area contributed by atoms with E-state index in [0.29, 0.717) is 18.7 Å². The Morgan fingerprint density at radius 1 is 1.07 bits per heavy atom. The highest BCUT2D eigenvalue weighted by Gasteiger charge is 2.20. The van der Waals surface area contributed by atoms with Gasteiger partial charge < -0.3 is 15.4 Å². The Bertz CT molecular complexity index is 935. The molecular weight excluding hydrogens is 384 g/mol. The van der Waals surface area contributed by atoms with Gasteiger partial charge in [0, 0.05) is 12.1 Å². The van der Waals surface area contributed by atoms with Gasteiger partial charge in [-0.15, -0.1) is 11.3 Å². The summed E-state index contributed by atoms with van der Waals surface area (Å²) in [4.78, 5) is 25.1. The van der Waals surface area contributed by atoms with Crippen LogP contribution >= 0.6 is 11.3 Å². The maximum absolute atomic E-state index is 12.4. The largest absolute Gasteiger partial charge is 0.465 e. The van der Waals surface area contributed by atoms with E-state index in [1.54, 1.807) is 23.5 Å². The molecule has 0 unspecified atom stereocenters. The molecule has 0 saturated heterocycles. The number of methoxy groups -OCH3 is 1. The third-order valence-corrected chi connectivity index (χ3v) is 5.65. The van der Waals surface area contributed by atoms with Crippen LogP contribution in [0.4, 0.5) is 0 Å². The van der Waals surface area contributed by atoms with Gasteiger partial charge in [0.2, 0.25) is 0 Å². The van der Waals surface area contributed by atoms with E-state index >= 15 is 0 Å². The summed E-state index contributed by atoms with van der Waals surface area (Å²) in [6.45, 7) is 2.82. The van der Waals surface area contributed by atoms with Crippen LogP contribution in [0, 0.1) is 6.92 Å². The molecule has 1 atom stereocenters. The number of nitrogens with one attached hydrogen (secondary N) is 1. The molecule has 3 aromatic rings. The highest BCUT2D eigenvalue weighted by Crippen LogP contribution is 2.22. The number of ether oxygens (including phenoxy) is 1. The molecule has 0 bridgehead atoms. The molecule has 0 fully saturated rings. The first-order valence-corrected chi connectivity index (χ1v) is 10.3. The molecular formula is C23H25N2O3S+. The van der Waals surface area contributed by atoms with Crippen LogP contribution in [0.1, 0.15) is 38.0 Å². The van der Waals surface area contributed by atoms with Crippen molar-refractivity contribution >= 4 is 23.2 Å². The Balaban J connectivity index is 1.56. The lowest BCUT2D eigenvalue weighted by Gasteiger charge is -2.15. The third-order valence-electron chi connectivity index (χ3n) is 4.69. The summed E-state index contributed by atoms with van der Waals surface area (Å²) in [5.74, 6) is -0.401. The van der Waals surface area contributed by atoms with E-state index < -0.39 is 0 Å². The van der Waals surface area contributed by atoms with Gasteiger partial charge >= 0.3 is 5.97 Å². The molecule has 0 spiro atoms. The number of aryl methyl sites for hydroxylation is 1. The Morgan fingerprint density at radius 2 is 1.79 bits per heavy atom. The molecule has 0 aliphatic heterocycles. The molecule has 1 amide bonds. The Hall–Kier alpha value is -2.96. The summed E-state index contributed by atoms with van der Waals surface area (Å²) in [6.07, 6.45) is 0. The summed E-state index contributed by atoms with van der Waals surface area (Å²) in [7, 11) is 1.35. The van der Waals surface area contributed by atoms with Gasteiger partial charge in [-0.3, -0.25) is 4.79 Å². The summed E-state index contributed by atoms with van der Waals surface area (Å²) in [5, 5.41) is 7.06. The minimum absolute atomic E-state index is 0.0317. The molecule has 1 heterocycles. The van der Waals surface area contributed by atoms with E-state index in [4.69, 9.17) is 4.74 Å². The smallest absolute Gasteiger partial charge is 0.337 e. The molecule has 6 heteroatoms. The van der Waals surface area contributed by atoms with E-state index in [0.717, 1.165) is 5.56 Å². The summed E-state index contributed by atoms with van der Waals surface area (Å²) in [5.41, 5.74) is 3.83. The van der Waals surface area contributed by atoms with E-state index in [-0.39, 0.29) is 17.9 Å². The number of carbonyl (C=O) groups is 2. The van der Waals surface area contributed by atoms with E-state index in [1.165, 1.54) is 23.1 Å². The van der Waals surface area contributed by atoms with Crippen molar-refractivity contribution in [2.75, 3.05) is 13.7 Å². The summed E-state index contributed by atoms with van der Waals surface area (Å²) < 4.78 is 4.69. The fourth-order valence-corrected chi connectivity index (χ4v) is 3.88. The fourth-order valence-electron chi connectivity index (χ4n) is 3.03. The Morgan fingerprint density at radius 3 is 2.41 bits per heavy atom. The van der Waals surface area contributed by atoms with Gasteiger partial charge in [0.25, 0.3) is 5.91 Å². The molecule has 3 N–H and O–H groups in total. The number of hydrogen-bond donors (Lipinski definition) is 2. The second kappa shape index (κ2) is 10.0. The number of rotatable bonds is 8. The van der Waals surface area contributed by atoms with Crippen LogP contribution in [0.5, 0.6) is 0 Å². The fraction of sp³-hybridized carbons (Fsp3) is 0.217. The van der Waals surface area contributed by atoms with E-state index in [1.807, 2.05) is 18.2 Å². The zero-order valence-corrected chi connectivity index (χ0v) is 17.4. The van der Waals surface area contributed by atoms with E-state index in [9.17, 15) is 9.59 Å². The molecule has 5 nitrogen and oxygen atoms in total. The lowest BCUT2D eigenvalue weighted by Crippen LogP contribution is -2.87. The standard InChI is InChI=1S/C23H24N2O3S/c1-16-5-9-18(10-6-16)22(20-4-3-13-29-20)25-15-21(26)24-14-17-7-11-19(12-8-17)23(27)28-2/h3-13,22,25H,14-15H2,1-2H3,(H,24,26)/p+1/t22-/m1/s1. The van der Waals surface area contributed by atoms with Crippen LogP contribution in [-0.4, -0.2) is 25.5 Å². The highest BCUT2D eigenvalue weighted by molar-refractivity contribution is 7.10. The molecule has 0 aliphatic carbocycles. The van der Waals surface area contributed by atoms with Crippen molar-refractivity contribution < 1.29 is 19.6 Å². The topological polar surface area (TPSA) is 72.0 Å². The van der Waals surface area contributed by atoms with Gasteiger partial charge in [-0.1, -0.05) is 48.0 Å². The second-order valence-electron chi connectivity index (χ2n) is 6.81. The minimum atomic E-state index is -0.370. The molecule has 150 valence electrons. The quantitative estimate of drug-likeness (QED) is 0.562. The number of quaternary nitrogens is 1. The van der Waals surface area contributed by atoms with Gasteiger partial charge in [0.1, 0.15) is 6.04 Å². The van der Waals surface area contributed by atoms with Crippen molar-refractivity contribution in [1.82, 2.24) is 5.32 Å². The summed E-state index contributed by atoms with van der Waals surface area (Å²) >= 11 is 1.70. The van der Waals surface area contributed by atoms with Gasteiger partial charge in [-0.05, 0) is 36.1 Å². The molecule has 2 aromatic carbocycles. The van der Waals surface area contributed by atoms with Crippen molar-refractivity contribution in [2.24, 2.45) is 0 Å². The SMILES string of the molecule is COC(=O)c1ccc(CNC(=O)C[NH2+][C@H](c2ccc(C)cc2)c2cccs2)cc1. The third kappa shape index (κ3) is 5.76. The minimum Gasteiger partial charge on any atom is -0.465 e. The number of amides is 1. The number of nitrogens with two attached hydrogens (primary N) is 1. The summed E-state index contributed by atoms with van der Waals surface area (Å²) in [6, 6.07) is 19.7. The maximum atomic E-state index is 12.4. The van der Waals surface area contributed by atoms with Crippen LogP contribution in [0.25, 0.3) is 0 Å². The average molecular weight is 410 g/mol. The van der Waals surface area contributed by atoms with Gasteiger partial charge in [-0.25, -0.2) is 4.79 Å². The first-order valence-electron chi connectivity index (χ1n) is 9.44. The molecule has 1 aromatic heterocycles. The van der Waals surface area contributed by atoms with Gasteiger partial charge in [0.05, 0.1) is 17.6 Å². The molecule has 0 radical (unpaired) electrons. The molecule has 0 aliphatic rings. The molecule has 3 rings (SSSR count). The van der Waals surface area contributed by atoms with Crippen molar-refractivity contribution in [3.63, 3.8) is 0 Å². The predicted octanol–water partition coefficient (Wildman–Crippen LogP) is 2.81. The number of benzene rings is 2. The van der Waals surface area contributed by atoms with Gasteiger partial charge in [-0.2, -0.15) is 0 Å². The average Bonchev–Trinajstić information content (AvgIpc) is 3.28. The first kappa shape index (κ1) is 20.8.